The number of thioether (sulfide) groups is 1. The van der Waals surface area contributed by atoms with Gasteiger partial charge < -0.3 is 25.8 Å². The van der Waals surface area contributed by atoms with Crippen LogP contribution in [0.2, 0.25) is 5.02 Å². The molecular weight excluding hydrogens is 658 g/mol. The zero-order chi connectivity index (χ0) is 33.8. The highest BCUT2D eigenvalue weighted by molar-refractivity contribution is 7.98. The number of nitriles is 2. The summed E-state index contributed by atoms with van der Waals surface area (Å²) in [6.45, 7) is 3.94. The number of esters is 1. The van der Waals surface area contributed by atoms with E-state index in [0.29, 0.717) is 45.0 Å². The molecule has 2 aromatic carbocycles. The first-order valence-electron chi connectivity index (χ1n) is 14.6. The number of thiazole rings is 1. The third kappa shape index (κ3) is 9.44. The number of amides is 1. The van der Waals surface area contributed by atoms with E-state index in [1.54, 1.807) is 24.3 Å². The fourth-order valence-corrected chi connectivity index (χ4v) is 6.22. The Morgan fingerprint density at radius 2 is 1.74 bits per heavy atom. The van der Waals surface area contributed by atoms with Crippen LogP contribution in [0.3, 0.4) is 0 Å². The van der Waals surface area contributed by atoms with Gasteiger partial charge in [0.2, 0.25) is 5.91 Å². The van der Waals surface area contributed by atoms with Crippen LogP contribution in [0, 0.1) is 22.7 Å². The van der Waals surface area contributed by atoms with Crippen molar-refractivity contribution in [2.24, 2.45) is 5.73 Å². The number of anilines is 1. The molecule has 4 N–H and O–H groups in total. The molecule has 47 heavy (non-hydrogen) atoms. The smallest absolute Gasteiger partial charge is 0.328 e. The largest absolute Gasteiger partial charge is 0.490 e. The minimum Gasteiger partial charge on any atom is -0.490 e. The molecule has 0 spiro atoms. The van der Waals surface area contributed by atoms with Crippen molar-refractivity contribution in [3.8, 4) is 39.6 Å². The molecule has 4 rings (SSSR count). The van der Waals surface area contributed by atoms with Crippen LogP contribution in [-0.2, 0) is 20.1 Å². The third-order valence-electron chi connectivity index (χ3n) is 6.59. The SMILES string of the molecule is CCCNc1nc(SCc2csc(-c3ccc(Cl)cc3)n2)c(C#N)c(-c2ccc(OCCOC(=O)[C@H](C)NC(=O)CN)cc2)c1C#N. The van der Waals surface area contributed by atoms with Crippen molar-refractivity contribution in [3.05, 3.63) is 75.8 Å². The number of nitrogens with one attached hydrogen (secondary N) is 2. The number of nitrogens with zero attached hydrogens (tertiary/aromatic N) is 4. The Labute approximate surface area is 286 Å². The molecule has 4 aromatic rings. The van der Waals surface area contributed by atoms with Gasteiger partial charge in [0.05, 0.1) is 17.8 Å². The first kappa shape index (κ1) is 35.2. The van der Waals surface area contributed by atoms with Crippen LogP contribution in [0.15, 0.2) is 58.9 Å². The molecule has 0 aliphatic heterocycles. The van der Waals surface area contributed by atoms with Gasteiger partial charge in [0.15, 0.2) is 0 Å². The Morgan fingerprint density at radius 3 is 2.40 bits per heavy atom. The van der Waals surface area contributed by atoms with Crippen LogP contribution in [0.1, 0.15) is 37.1 Å². The Morgan fingerprint density at radius 1 is 1.04 bits per heavy atom. The summed E-state index contributed by atoms with van der Waals surface area (Å²) >= 11 is 8.93. The average molecular weight is 690 g/mol. The number of hydrogen-bond acceptors (Lipinski definition) is 12. The molecule has 2 aromatic heterocycles. The van der Waals surface area contributed by atoms with Crippen molar-refractivity contribution in [3.63, 3.8) is 0 Å². The molecule has 0 radical (unpaired) electrons. The molecule has 0 unspecified atom stereocenters. The predicted octanol–water partition coefficient (Wildman–Crippen LogP) is 5.77. The van der Waals surface area contributed by atoms with Crippen molar-refractivity contribution >= 4 is 52.4 Å². The number of carbonyl (C=O) groups is 2. The summed E-state index contributed by atoms with van der Waals surface area (Å²) < 4.78 is 10.9. The molecule has 11 nitrogen and oxygen atoms in total. The highest BCUT2D eigenvalue weighted by Crippen LogP contribution is 2.38. The quantitative estimate of drug-likeness (QED) is 0.0785. The summed E-state index contributed by atoms with van der Waals surface area (Å²) in [5.41, 5.74) is 8.73. The van der Waals surface area contributed by atoms with Crippen molar-refractivity contribution in [1.29, 1.82) is 10.5 Å². The Hall–Kier alpha value is -4.66. The van der Waals surface area contributed by atoms with Crippen LogP contribution in [0.4, 0.5) is 5.82 Å². The average Bonchev–Trinajstić information content (AvgIpc) is 3.57. The van der Waals surface area contributed by atoms with Gasteiger partial charge in [0, 0.05) is 33.8 Å². The number of rotatable bonds is 15. The summed E-state index contributed by atoms with van der Waals surface area (Å²) in [6.07, 6.45) is 0.819. The lowest BCUT2D eigenvalue weighted by Crippen LogP contribution is -2.42. The highest BCUT2D eigenvalue weighted by Gasteiger charge is 2.22. The van der Waals surface area contributed by atoms with Gasteiger partial charge >= 0.3 is 5.97 Å². The van der Waals surface area contributed by atoms with Crippen LogP contribution in [0.25, 0.3) is 21.7 Å². The van der Waals surface area contributed by atoms with E-state index in [1.807, 2.05) is 36.6 Å². The third-order valence-corrected chi connectivity index (χ3v) is 8.79. The topological polar surface area (TPSA) is 176 Å². The number of halogens is 1. The van der Waals surface area contributed by atoms with E-state index in [2.05, 4.69) is 22.8 Å². The number of aromatic nitrogens is 2. The van der Waals surface area contributed by atoms with Gasteiger partial charge in [-0.15, -0.1) is 11.3 Å². The fourth-order valence-electron chi connectivity index (χ4n) is 4.29. The van der Waals surface area contributed by atoms with Crippen molar-refractivity contribution < 1.29 is 19.1 Å². The molecule has 0 aliphatic rings. The second-order valence-corrected chi connectivity index (χ2v) is 12.3. The van der Waals surface area contributed by atoms with E-state index in [1.165, 1.54) is 30.0 Å². The molecule has 0 aliphatic carbocycles. The number of nitrogens with two attached hydrogens (primary N) is 1. The maximum atomic E-state index is 12.0. The van der Waals surface area contributed by atoms with E-state index in [9.17, 15) is 20.1 Å². The predicted molar refractivity (Wildman–Crippen MR) is 183 cm³/mol. The van der Waals surface area contributed by atoms with E-state index in [-0.39, 0.29) is 30.9 Å². The van der Waals surface area contributed by atoms with Crippen LogP contribution >= 0.6 is 34.7 Å². The summed E-state index contributed by atoms with van der Waals surface area (Å²) in [5.74, 6) is 0.319. The van der Waals surface area contributed by atoms with Gasteiger partial charge in [0.1, 0.15) is 58.6 Å². The zero-order valence-corrected chi connectivity index (χ0v) is 28.1. The second kappa shape index (κ2) is 17.3. The Balaban J connectivity index is 1.51. The first-order valence-corrected chi connectivity index (χ1v) is 16.9. The molecule has 2 heterocycles. The van der Waals surface area contributed by atoms with Crippen LogP contribution < -0.4 is 21.1 Å². The van der Waals surface area contributed by atoms with Gasteiger partial charge in [-0.3, -0.25) is 4.79 Å². The van der Waals surface area contributed by atoms with Crippen molar-refractivity contribution in [2.45, 2.75) is 37.1 Å². The normalized spacial score (nSPS) is 11.2. The van der Waals surface area contributed by atoms with Crippen LogP contribution in [0.5, 0.6) is 5.75 Å². The maximum Gasteiger partial charge on any atom is 0.328 e. The van der Waals surface area contributed by atoms with E-state index in [4.69, 9.17) is 36.8 Å². The highest BCUT2D eigenvalue weighted by atomic mass is 35.5. The molecule has 1 amide bonds. The number of ether oxygens (including phenoxy) is 2. The van der Waals surface area contributed by atoms with E-state index < -0.39 is 17.9 Å². The van der Waals surface area contributed by atoms with Gasteiger partial charge in [-0.2, -0.15) is 10.5 Å². The minimum atomic E-state index is -0.831. The van der Waals surface area contributed by atoms with Crippen LogP contribution in [-0.4, -0.2) is 54.2 Å². The molecule has 14 heteroatoms. The molecular formula is C33H32ClN7O4S2. The summed E-state index contributed by atoms with van der Waals surface area (Å²) in [5, 5.41) is 30.2. The standard InChI is InChI=1S/C33H32ClN7O4S2/c1-3-12-38-30-26(15-35)29(21-6-10-25(11-7-21)44-13-14-45-33(43)20(2)39-28(42)17-37)27(16-36)32(41-30)47-19-24-18-46-31(40-24)22-4-8-23(34)9-5-22/h4-11,18,20H,3,12-14,17,19,37H2,1-2H3,(H,38,41)(H,39,42)/t20-/m0/s1. The summed E-state index contributed by atoms with van der Waals surface area (Å²) in [6, 6.07) is 18.1. The van der Waals surface area contributed by atoms with Gasteiger partial charge in [-0.1, -0.05) is 54.6 Å². The summed E-state index contributed by atoms with van der Waals surface area (Å²) in [7, 11) is 0. The number of pyridine rings is 1. The first-order chi connectivity index (χ1) is 22.8. The molecule has 0 saturated heterocycles. The lowest BCUT2D eigenvalue weighted by atomic mass is 9.96. The molecule has 0 bridgehead atoms. The number of carbonyl (C=O) groups excluding carboxylic acids is 2. The van der Waals surface area contributed by atoms with Gasteiger partial charge in [0.25, 0.3) is 0 Å². The van der Waals surface area contributed by atoms with Gasteiger partial charge in [-0.25, -0.2) is 14.8 Å². The Bertz CT molecular complexity index is 1780. The second-order valence-electron chi connectivity index (χ2n) is 10.0. The fraction of sp³-hybridized carbons (Fsp3) is 0.273. The lowest BCUT2D eigenvalue weighted by molar-refractivity contribution is -0.147. The maximum absolute atomic E-state index is 12.0. The summed E-state index contributed by atoms with van der Waals surface area (Å²) in [4.78, 5) is 32.9. The van der Waals surface area contributed by atoms with E-state index >= 15 is 0 Å². The monoisotopic (exact) mass is 689 g/mol. The molecule has 0 fully saturated rings. The molecule has 242 valence electrons. The Kier molecular flexibility index (Phi) is 13.0. The minimum absolute atomic E-state index is 0.0296. The zero-order valence-electron chi connectivity index (χ0n) is 25.7. The van der Waals surface area contributed by atoms with Crippen molar-refractivity contribution in [1.82, 2.24) is 15.3 Å². The molecule has 0 saturated carbocycles. The van der Waals surface area contributed by atoms with E-state index in [0.717, 1.165) is 22.7 Å². The van der Waals surface area contributed by atoms with Gasteiger partial charge in [-0.05, 0) is 43.2 Å². The number of hydrogen-bond donors (Lipinski definition) is 3. The van der Waals surface area contributed by atoms with Crippen molar-refractivity contribution in [2.75, 3.05) is 31.6 Å². The molecule has 1 atom stereocenters. The lowest BCUT2D eigenvalue weighted by Gasteiger charge is -2.16. The number of benzene rings is 2.